The molecule has 1 aromatic carbocycles. The Kier molecular flexibility index (Phi) is 5.97. The molecule has 2 aliphatic rings. The summed E-state index contributed by atoms with van der Waals surface area (Å²) in [6.45, 7) is 11.5. The predicted molar refractivity (Wildman–Crippen MR) is 98.1 cm³/mol. The van der Waals surface area contributed by atoms with Gasteiger partial charge in [-0.3, -0.25) is 9.80 Å². The van der Waals surface area contributed by atoms with Crippen molar-refractivity contribution in [2.24, 2.45) is 0 Å². The topological polar surface area (TPSA) is 18.5 Å². The highest BCUT2D eigenvalue weighted by atomic mass is 35.5. The lowest BCUT2D eigenvalue weighted by atomic mass is 9.98. The molecule has 4 heteroatoms. The van der Waals surface area contributed by atoms with E-state index < -0.39 is 0 Å². The average Bonchev–Trinajstić information content (AvgIpc) is 2.58. The fourth-order valence-corrected chi connectivity index (χ4v) is 4.35. The average molecular weight is 336 g/mol. The smallest absolute Gasteiger partial charge is 0.0408 e. The highest BCUT2D eigenvalue weighted by Crippen LogP contribution is 2.23. The minimum absolute atomic E-state index is 0.735. The molecule has 2 saturated heterocycles. The quantitative estimate of drug-likeness (QED) is 0.910. The molecule has 0 radical (unpaired) electrons. The van der Waals surface area contributed by atoms with E-state index in [1.807, 2.05) is 6.07 Å². The van der Waals surface area contributed by atoms with Crippen molar-refractivity contribution < 1.29 is 0 Å². The van der Waals surface area contributed by atoms with Gasteiger partial charge in [-0.25, -0.2) is 0 Å². The van der Waals surface area contributed by atoms with Crippen molar-refractivity contribution in [2.75, 3.05) is 32.7 Å². The first-order valence-corrected chi connectivity index (χ1v) is 9.49. The molecule has 3 nitrogen and oxygen atoms in total. The van der Waals surface area contributed by atoms with E-state index in [-0.39, 0.29) is 0 Å². The van der Waals surface area contributed by atoms with Crippen LogP contribution in [0.1, 0.15) is 37.3 Å². The SMILES string of the molecule is CC[C@H]1CNCCN1C1CCN(Cc2ccc(Cl)cc2C)CC1. The molecule has 2 aliphatic heterocycles. The van der Waals surface area contributed by atoms with E-state index in [1.165, 1.54) is 56.6 Å². The molecular weight excluding hydrogens is 306 g/mol. The summed E-state index contributed by atoms with van der Waals surface area (Å²) < 4.78 is 0. The van der Waals surface area contributed by atoms with Gasteiger partial charge in [0.25, 0.3) is 0 Å². The molecule has 0 bridgehead atoms. The van der Waals surface area contributed by atoms with Crippen molar-refractivity contribution in [1.29, 1.82) is 0 Å². The van der Waals surface area contributed by atoms with Gasteiger partial charge in [-0.05, 0) is 62.5 Å². The van der Waals surface area contributed by atoms with Crippen LogP contribution in [0, 0.1) is 6.92 Å². The standard InChI is InChI=1S/C19H30ClN3/c1-3-18-13-21-8-11-23(18)19-6-9-22(10-7-19)14-16-4-5-17(20)12-15(16)2/h4-5,12,18-19,21H,3,6-11,13-14H2,1-2H3/t18-/m0/s1. The molecule has 0 aromatic heterocycles. The van der Waals surface area contributed by atoms with Crippen LogP contribution in [0.2, 0.25) is 5.02 Å². The first kappa shape index (κ1) is 17.2. The minimum Gasteiger partial charge on any atom is -0.314 e. The number of aryl methyl sites for hydroxylation is 1. The van der Waals surface area contributed by atoms with Crippen molar-refractivity contribution in [3.8, 4) is 0 Å². The normalized spacial score (nSPS) is 24.9. The number of piperazine rings is 1. The van der Waals surface area contributed by atoms with Crippen LogP contribution >= 0.6 is 11.6 Å². The van der Waals surface area contributed by atoms with Crippen LogP contribution in [0.25, 0.3) is 0 Å². The van der Waals surface area contributed by atoms with Crippen molar-refractivity contribution >= 4 is 11.6 Å². The second kappa shape index (κ2) is 7.98. The van der Waals surface area contributed by atoms with Gasteiger partial charge in [-0.2, -0.15) is 0 Å². The molecule has 1 N–H and O–H groups in total. The fraction of sp³-hybridized carbons (Fsp3) is 0.684. The summed E-state index contributed by atoms with van der Waals surface area (Å²) in [6, 6.07) is 7.80. The lowest BCUT2D eigenvalue weighted by Gasteiger charge is -2.44. The third-order valence-electron chi connectivity index (χ3n) is 5.59. The van der Waals surface area contributed by atoms with Gasteiger partial charge >= 0.3 is 0 Å². The van der Waals surface area contributed by atoms with Crippen molar-refractivity contribution in [2.45, 2.75) is 51.7 Å². The number of piperidine rings is 1. The number of halogens is 1. The van der Waals surface area contributed by atoms with Crippen molar-refractivity contribution in [3.05, 3.63) is 34.3 Å². The van der Waals surface area contributed by atoms with E-state index in [4.69, 9.17) is 11.6 Å². The Morgan fingerprint density at radius 2 is 2.00 bits per heavy atom. The van der Waals surface area contributed by atoms with Crippen LogP contribution in [0.3, 0.4) is 0 Å². The number of hydrogen-bond donors (Lipinski definition) is 1. The maximum Gasteiger partial charge on any atom is 0.0408 e. The zero-order valence-electron chi connectivity index (χ0n) is 14.5. The number of hydrogen-bond acceptors (Lipinski definition) is 3. The first-order valence-electron chi connectivity index (χ1n) is 9.11. The Morgan fingerprint density at radius 1 is 1.22 bits per heavy atom. The molecular formula is C19H30ClN3. The lowest BCUT2D eigenvalue weighted by molar-refractivity contribution is 0.0543. The Hall–Kier alpha value is -0.610. The number of benzene rings is 1. The van der Waals surface area contributed by atoms with Gasteiger partial charge in [0.05, 0.1) is 0 Å². The summed E-state index contributed by atoms with van der Waals surface area (Å²) in [6.07, 6.45) is 3.88. The molecule has 23 heavy (non-hydrogen) atoms. The summed E-state index contributed by atoms with van der Waals surface area (Å²) in [4.78, 5) is 5.39. The molecule has 2 heterocycles. The van der Waals surface area contributed by atoms with Gasteiger partial charge in [0.1, 0.15) is 0 Å². The van der Waals surface area contributed by atoms with Gasteiger partial charge in [0, 0.05) is 43.3 Å². The fourth-order valence-electron chi connectivity index (χ4n) is 4.12. The van der Waals surface area contributed by atoms with Crippen LogP contribution in [0.4, 0.5) is 0 Å². The molecule has 0 amide bonds. The Labute approximate surface area is 146 Å². The highest BCUT2D eigenvalue weighted by molar-refractivity contribution is 6.30. The number of nitrogens with zero attached hydrogens (tertiary/aromatic N) is 2. The Morgan fingerprint density at radius 3 is 2.70 bits per heavy atom. The molecule has 0 saturated carbocycles. The third-order valence-corrected chi connectivity index (χ3v) is 5.83. The molecule has 128 valence electrons. The predicted octanol–water partition coefficient (Wildman–Crippen LogP) is 3.30. The molecule has 1 aromatic rings. The van der Waals surface area contributed by atoms with Gasteiger partial charge in [0.2, 0.25) is 0 Å². The summed E-state index contributed by atoms with van der Waals surface area (Å²) in [5.74, 6) is 0. The second-order valence-electron chi connectivity index (χ2n) is 7.08. The van der Waals surface area contributed by atoms with E-state index in [0.29, 0.717) is 0 Å². The maximum absolute atomic E-state index is 6.07. The zero-order chi connectivity index (χ0) is 16.2. The Balaban J connectivity index is 1.53. The third kappa shape index (κ3) is 4.27. The van der Waals surface area contributed by atoms with Gasteiger partial charge in [0.15, 0.2) is 0 Å². The number of likely N-dealkylation sites (tertiary alicyclic amines) is 1. The number of rotatable bonds is 4. The highest BCUT2D eigenvalue weighted by Gasteiger charge is 2.30. The van der Waals surface area contributed by atoms with Gasteiger partial charge in [-0.15, -0.1) is 0 Å². The van der Waals surface area contributed by atoms with Crippen molar-refractivity contribution in [3.63, 3.8) is 0 Å². The second-order valence-corrected chi connectivity index (χ2v) is 7.52. The Bertz CT molecular complexity index is 511. The summed E-state index contributed by atoms with van der Waals surface area (Å²) in [7, 11) is 0. The molecule has 0 unspecified atom stereocenters. The van der Waals surface area contributed by atoms with E-state index in [1.54, 1.807) is 0 Å². The van der Waals surface area contributed by atoms with E-state index in [9.17, 15) is 0 Å². The molecule has 2 fully saturated rings. The minimum atomic E-state index is 0.735. The lowest BCUT2D eigenvalue weighted by Crippen LogP contribution is -2.57. The molecule has 0 aliphatic carbocycles. The maximum atomic E-state index is 6.07. The molecule has 3 rings (SSSR count). The van der Waals surface area contributed by atoms with Crippen LogP contribution in [-0.2, 0) is 6.54 Å². The zero-order valence-corrected chi connectivity index (χ0v) is 15.3. The van der Waals surface area contributed by atoms with Crippen molar-refractivity contribution in [1.82, 2.24) is 15.1 Å². The summed E-state index contributed by atoms with van der Waals surface area (Å²) in [5.41, 5.74) is 2.73. The van der Waals surface area contributed by atoms with E-state index in [0.717, 1.165) is 30.2 Å². The van der Waals surface area contributed by atoms with Crippen LogP contribution < -0.4 is 5.32 Å². The summed E-state index contributed by atoms with van der Waals surface area (Å²) in [5, 5.41) is 4.39. The monoisotopic (exact) mass is 335 g/mol. The first-order chi connectivity index (χ1) is 11.2. The van der Waals surface area contributed by atoms with Crippen LogP contribution in [0.5, 0.6) is 0 Å². The summed E-state index contributed by atoms with van der Waals surface area (Å²) >= 11 is 6.07. The van der Waals surface area contributed by atoms with E-state index in [2.05, 4.69) is 41.1 Å². The van der Waals surface area contributed by atoms with Crippen LogP contribution in [-0.4, -0.2) is 54.6 Å². The largest absolute Gasteiger partial charge is 0.314 e. The molecule has 0 spiro atoms. The van der Waals surface area contributed by atoms with E-state index >= 15 is 0 Å². The number of nitrogens with one attached hydrogen (secondary N) is 1. The van der Waals surface area contributed by atoms with Gasteiger partial charge in [-0.1, -0.05) is 24.6 Å². The van der Waals surface area contributed by atoms with Crippen LogP contribution in [0.15, 0.2) is 18.2 Å². The van der Waals surface area contributed by atoms with Gasteiger partial charge < -0.3 is 5.32 Å². The molecule has 1 atom stereocenters.